The number of thioether (sulfide) groups is 1. The van der Waals surface area contributed by atoms with Gasteiger partial charge in [0, 0.05) is 30.7 Å². The van der Waals surface area contributed by atoms with E-state index in [0.29, 0.717) is 5.69 Å². The maximum atomic E-state index is 12.4. The fraction of sp³-hybridized carbons (Fsp3) is 0.435. The molecule has 38 heavy (non-hydrogen) atoms. The number of amides is 4. The van der Waals surface area contributed by atoms with Crippen molar-refractivity contribution >= 4 is 59.0 Å². The lowest BCUT2D eigenvalue weighted by atomic mass is 10.1. The molecule has 0 spiro atoms. The molecule has 208 valence electrons. The summed E-state index contributed by atoms with van der Waals surface area (Å²) in [5.41, 5.74) is 0.573. The monoisotopic (exact) mass is 554 g/mol. The number of carbonyl (C=O) groups excluding carboxylic acids is 4. The number of nitrogens with one attached hydrogen (secondary N) is 4. The van der Waals surface area contributed by atoms with E-state index in [9.17, 15) is 38.7 Å². The number of carboxylic acids is 3. The highest BCUT2D eigenvalue weighted by Crippen LogP contribution is 2.09. The van der Waals surface area contributed by atoms with Crippen LogP contribution in [0.3, 0.4) is 0 Å². The number of benzene rings is 1. The van der Waals surface area contributed by atoms with E-state index >= 15 is 0 Å². The summed E-state index contributed by atoms with van der Waals surface area (Å²) in [5, 5.41) is 36.1. The van der Waals surface area contributed by atoms with Crippen molar-refractivity contribution in [2.75, 3.05) is 23.4 Å². The Balaban J connectivity index is 2.63. The summed E-state index contributed by atoms with van der Waals surface area (Å²) < 4.78 is 0. The number of hydrogen-bond acceptors (Lipinski definition) is 8. The molecule has 0 heterocycles. The van der Waals surface area contributed by atoms with E-state index in [1.165, 1.54) is 0 Å². The van der Waals surface area contributed by atoms with Crippen molar-refractivity contribution in [3.8, 4) is 0 Å². The molecular formula is C23H30N4O10S. The van der Waals surface area contributed by atoms with Gasteiger partial charge in [0.05, 0.1) is 5.75 Å². The first-order chi connectivity index (χ1) is 18.0. The maximum Gasteiger partial charge on any atom is 0.326 e. The van der Waals surface area contributed by atoms with Gasteiger partial charge in [0.2, 0.25) is 23.6 Å². The van der Waals surface area contributed by atoms with Gasteiger partial charge < -0.3 is 36.6 Å². The number of rotatable bonds is 18. The lowest BCUT2D eigenvalue weighted by Crippen LogP contribution is -2.50. The molecule has 0 fully saturated rings. The van der Waals surface area contributed by atoms with Crippen LogP contribution in [0.5, 0.6) is 0 Å². The fourth-order valence-corrected chi connectivity index (χ4v) is 3.77. The molecule has 0 aliphatic rings. The Kier molecular flexibility index (Phi) is 14.6. The van der Waals surface area contributed by atoms with E-state index in [0.717, 1.165) is 11.8 Å². The van der Waals surface area contributed by atoms with E-state index in [2.05, 4.69) is 21.3 Å². The van der Waals surface area contributed by atoms with Crippen molar-refractivity contribution in [2.45, 2.75) is 44.2 Å². The van der Waals surface area contributed by atoms with Gasteiger partial charge in [-0.25, -0.2) is 4.79 Å². The predicted octanol–water partition coefficient (Wildman–Crippen LogP) is -0.352. The molecule has 1 rings (SSSR count). The Bertz CT molecular complexity index is 1010. The van der Waals surface area contributed by atoms with Crippen LogP contribution in [0.2, 0.25) is 0 Å². The highest BCUT2D eigenvalue weighted by Gasteiger charge is 2.25. The molecule has 0 radical (unpaired) electrons. The third kappa shape index (κ3) is 14.4. The van der Waals surface area contributed by atoms with Gasteiger partial charge in [-0.05, 0) is 25.0 Å². The third-order valence-corrected chi connectivity index (χ3v) is 5.76. The second-order valence-corrected chi connectivity index (χ2v) is 8.94. The van der Waals surface area contributed by atoms with Crippen molar-refractivity contribution in [1.82, 2.24) is 16.0 Å². The van der Waals surface area contributed by atoms with Crippen LogP contribution < -0.4 is 21.3 Å². The standard InChI is InChI=1S/C23H30N4O10S/c28-17(7-4-8-20(31)32)26-15(23(36)37)9-10-18(29)27-16(22(35)24-11-21(33)34)12-38-13-19(30)25-14-5-2-1-3-6-14/h1-3,5-6,15-16H,4,7-13H2,(H,24,35)(H,25,30)(H,26,28)(H,27,29)(H,31,32)(H,33,34)(H,36,37)/t15-,16-/m0/s1. The van der Waals surface area contributed by atoms with Gasteiger partial charge in [-0.2, -0.15) is 0 Å². The highest BCUT2D eigenvalue weighted by molar-refractivity contribution is 8.00. The van der Waals surface area contributed by atoms with Crippen molar-refractivity contribution in [1.29, 1.82) is 0 Å². The van der Waals surface area contributed by atoms with Gasteiger partial charge in [0.15, 0.2) is 0 Å². The summed E-state index contributed by atoms with van der Waals surface area (Å²) in [6.45, 7) is -0.695. The number of hydrogen-bond donors (Lipinski definition) is 7. The molecule has 0 aliphatic heterocycles. The Morgan fingerprint density at radius 3 is 2.00 bits per heavy atom. The molecule has 2 atom stereocenters. The molecule has 0 unspecified atom stereocenters. The molecule has 4 amide bonds. The topological polar surface area (TPSA) is 228 Å². The zero-order valence-electron chi connectivity index (χ0n) is 20.3. The molecule has 7 N–H and O–H groups in total. The molecule has 0 aromatic heterocycles. The van der Waals surface area contributed by atoms with Crippen LogP contribution in [0.15, 0.2) is 30.3 Å². The highest BCUT2D eigenvalue weighted by atomic mass is 32.2. The normalized spacial score (nSPS) is 11.9. The van der Waals surface area contributed by atoms with Crippen molar-refractivity contribution in [2.24, 2.45) is 0 Å². The maximum absolute atomic E-state index is 12.4. The fourth-order valence-electron chi connectivity index (χ4n) is 2.92. The molecule has 14 nitrogen and oxygen atoms in total. The van der Waals surface area contributed by atoms with Gasteiger partial charge in [0.25, 0.3) is 0 Å². The summed E-state index contributed by atoms with van der Waals surface area (Å²) in [7, 11) is 0. The molecule has 0 bridgehead atoms. The predicted molar refractivity (Wildman–Crippen MR) is 135 cm³/mol. The van der Waals surface area contributed by atoms with Gasteiger partial charge in [-0.15, -0.1) is 11.8 Å². The smallest absolute Gasteiger partial charge is 0.326 e. The Morgan fingerprint density at radius 2 is 1.39 bits per heavy atom. The van der Waals surface area contributed by atoms with Gasteiger partial charge in [0.1, 0.15) is 18.6 Å². The average Bonchev–Trinajstić information content (AvgIpc) is 2.84. The third-order valence-electron chi connectivity index (χ3n) is 4.73. The first-order valence-corrected chi connectivity index (χ1v) is 12.6. The minimum absolute atomic E-state index is 0.0160. The summed E-state index contributed by atoms with van der Waals surface area (Å²) in [6, 6.07) is 5.99. The summed E-state index contributed by atoms with van der Waals surface area (Å²) in [5.74, 6) is -6.54. The second-order valence-electron chi connectivity index (χ2n) is 7.91. The van der Waals surface area contributed by atoms with E-state index < -0.39 is 60.7 Å². The first-order valence-electron chi connectivity index (χ1n) is 11.4. The van der Waals surface area contributed by atoms with Crippen molar-refractivity contribution in [3.63, 3.8) is 0 Å². The molecule has 15 heteroatoms. The van der Waals surface area contributed by atoms with Crippen molar-refractivity contribution < 1.29 is 48.9 Å². The quantitative estimate of drug-likeness (QED) is 0.124. The zero-order valence-corrected chi connectivity index (χ0v) is 21.1. The summed E-state index contributed by atoms with van der Waals surface area (Å²) >= 11 is 1.01. The largest absolute Gasteiger partial charge is 0.481 e. The minimum Gasteiger partial charge on any atom is -0.481 e. The summed E-state index contributed by atoms with van der Waals surface area (Å²) in [6.07, 6.45) is -1.16. The van der Waals surface area contributed by atoms with Gasteiger partial charge >= 0.3 is 17.9 Å². The SMILES string of the molecule is O=C(O)CCCC(=O)N[C@@H](CCC(=O)N[C@@H](CSCC(=O)Nc1ccccc1)C(=O)NCC(=O)O)C(=O)O. The Labute approximate surface area is 221 Å². The van der Waals surface area contributed by atoms with Crippen LogP contribution in [0, 0.1) is 0 Å². The van der Waals surface area contributed by atoms with Gasteiger partial charge in [-0.3, -0.25) is 28.8 Å². The number of carbonyl (C=O) groups is 7. The van der Waals surface area contributed by atoms with Gasteiger partial charge in [-0.1, -0.05) is 18.2 Å². The molecule has 0 saturated carbocycles. The van der Waals surface area contributed by atoms with Crippen LogP contribution >= 0.6 is 11.8 Å². The number of para-hydroxylation sites is 1. The van der Waals surface area contributed by atoms with E-state index in [1.807, 2.05) is 0 Å². The van der Waals surface area contributed by atoms with Crippen LogP contribution in [0.1, 0.15) is 32.1 Å². The lowest BCUT2D eigenvalue weighted by molar-refractivity contribution is -0.142. The van der Waals surface area contributed by atoms with Crippen LogP contribution in [-0.2, 0) is 33.6 Å². The Hall–Kier alpha value is -4.14. The van der Waals surface area contributed by atoms with Crippen molar-refractivity contribution in [3.05, 3.63) is 30.3 Å². The molecule has 0 aliphatic carbocycles. The molecule has 1 aromatic carbocycles. The van der Waals surface area contributed by atoms with Crippen LogP contribution in [-0.4, -0.2) is 87.0 Å². The number of anilines is 1. The van der Waals surface area contributed by atoms with E-state index in [4.69, 9.17) is 10.2 Å². The second kappa shape index (κ2) is 17.3. The molecular weight excluding hydrogens is 524 g/mol. The zero-order chi connectivity index (χ0) is 28.5. The number of aliphatic carboxylic acids is 3. The summed E-state index contributed by atoms with van der Waals surface area (Å²) in [4.78, 5) is 81.5. The Morgan fingerprint density at radius 1 is 0.763 bits per heavy atom. The van der Waals surface area contributed by atoms with Crippen LogP contribution in [0.4, 0.5) is 5.69 Å². The molecule has 1 aromatic rings. The first kappa shape index (κ1) is 31.9. The average molecular weight is 555 g/mol. The number of carboxylic acid groups (broad SMARTS) is 3. The minimum atomic E-state index is -1.42. The van der Waals surface area contributed by atoms with E-state index in [1.54, 1.807) is 30.3 Å². The van der Waals surface area contributed by atoms with E-state index in [-0.39, 0.29) is 43.1 Å². The molecule has 0 saturated heterocycles. The lowest BCUT2D eigenvalue weighted by Gasteiger charge is -2.19. The van der Waals surface area contributed by atoms with Crippen LogP contribution in [0.25, 0.3) is 0 Å².